The number of carboxylic acid groups (broad SMARTS) is 1. The van der Waals surface area contributed by atoms with E-state index in [2.05, 4.69) is 0 Å². The lowest BCUT2D eigenvalue weighted by atomic mass is 10.0. The maximum absolute atomic E-state index is 11.7. The monoisotopic (exact) mass is 296 g/mol. The van der Waals surface area contributed by atoms with Crippen LogP contribution in [-0.4, -0.2) is 40.3 Å². The van der Waals surface area contributed by atoms with Gasteiger partial charge in [0.15, 0.2) is 11.5 Å². The number of benzene rings is 1. The molecule has 0 amide bonds. The summed E-state index contributed by atoms with van der Waals surface area (Å²) in [5.41, 5.74) is 0.845. The molecular weight excluding hydrogens is 276 g/mol. The molecule has 0 aliphatic rings. The average molecular weight is 296 g/mol. The fourth-order valence-electron chi connectivity index (χ4n) is 1.92. The van der Waals surface area contributed by atoms with Gasteiger partial charge in [0, 0.05) is 19.3 Å². The van der Waals surface area contributed by atoms with Crippen molar-refractivity contribution in [2.24, 2.45) is 0 Å². The molecule has 0 spiro atoms. The van der Waals surface area contributed by atoms with Crippen molar-refractivity contribution in [1.29, 1.82) is 0 Å². The van der Waals surface area contributed by atoms with Crippen molar-refractivity contribution in [3.05, 3.63) is 23.8 Å². The number of aliphatic carboxylic acids is 1. The zero-order valence-electron chi connectivity index (χ0n) is 11.9. The highest BCUT2D eigenvalue weighted by atomic mass is 16.5. The summed E-state index contributed by atoms with van der Waals surface area (Å²) < 4.78 is 4.98. The van der Waals surface area contributed by atoms with E-state index in [9.17, 15) is 19.8 Å². The molecule has 0 fully saturated rings. The van der Waals surface area contributed by atoms with Gasteiger partial charge in [0.05, 0.1) is 13.2 Å². The quantitative estimate of drug-likeness (QED) is 0.638. The fourth-order valence-corrected chi connectivity index (χ4v) is 1.92. The molecular formula is C15H20O6. The topological polar surface area (TPSA) is 104 Å². The van der Waals surface area contributed by atoms with Crippen LogP contribution >= 0.6 is 0 Å². The van der Waals surface area contributed by atoms with Crippen molar-refractivity contribution in [2.75, 3.05) is 7.11 Å². The van der Waals surface area contributed by atoms with Crippen molar-refractivity contribution >= 4 is 11.8 Å². The second kappa shape index (κ2) is 8.26. The number of phenolic OH excluding ortho intramolecular Hbond substituents is 1. The highest BCUT2D eigenvalue weighted by Gasteiger charge is 2.13. The third-order valence-electron chi connectivity index (χ3n) is 3.09. The summed E-state index contributed by atoms with van der Waals surface area (Å²) in [6, 6.07) is 4.86. The lowest BCUT2D eigenvalue weighted by Gasteiger charge is -2.09. The minimum Gasteiger partial charge on any atom is -0.504 e. The third-order valence-corrected chi connectivity index (χ3v) is 3.09. The molecule has 1 rings (SSSR count). The first-order valence-corrected chi connectivity index (χ1v) is 6.69. The van der Waals surface area contributed by atoms with Crippen LogP contribution in [0.2, 0.25) is 0 Å². The number of ether oxygens (including phenoxy) is 1. The Morgan fingerprint density at radius 3 is 2.62 bits per heavy atom. The molecule has 0 aromatic heterocycles. The summed E-state index contributed by atoms with van der Waals surface area (Å²) >= 11 is 0. The average Bonchev–Trinajstić information content (AvgIpc) is 2.44. The molecule has 0 aliphatic carbocycles. The molecule has 1 aromatic carbocycles. The van der Waals surface area contributed by atoms with Gasteiger partial charge in [0.2, 0.25) is 0 Å². The zero-order valence-corrected chi connectivity index (χ0v) is 11.9. The predicted molar refractivity (Wildman–Crippen MR) is 75.5 cm³/mol. The molecule has 6 heteroatoms. The number of rotatable bonds is 9. The number of methoxy groups -OCH3 is 1. The minimum absolute atomic E-state index is 0.0386. The number of carbonyl (C=O) groups is 2. The van der Waals surface area contributed by atoms with Crippen molar-refractivity contribution in [2.45, 2.75) is 38.2 Å². The molecule has 0 heterocycles. The molecule has 0 aliphatic heterocycles. The molecule has 116 valence electrons. The van der Waals surface area contributed by atoms with E-state index in [1.54, 1.807) is 12.1 Å². The number of hydrogen-bond acceptors (Lipinski definition) is 5. The highest BCUT2D eigenvalue weighted by Crippen LogP contribution is 2.26. The normalized spacial score (nSPS) is 11.9. The van der Waals surface area contributed by atoms with Crippen molar-refractivity contribution < 1.29 is 29.6 Å². The van der Waals surface area contributed by atoms with Gasteiger partial charge in [-0.2, -0.15) is 0 Å². The molecule has 0 radical (unpaired) electrons. The molecule has 21 heavy (non-hydrogen) atoms. The number of hydrogen-bond donors (Lipinski definition) is 3. The minimum atomic E-state index is -0.988. The van der Waals surface area contributed by atoms with Crippen molar-refractivity contribution in [3.63, 3.8) is 0 Å². The Morgan fingerprint density at radius 2 is 2.00 bits per heavy atom. The number of aliphatic hydroxyl groups excluding tert-OH is 1. The van der Waals surface area contributed by atoms with Crippen LogP contribution in [0.3, 0.4) is 0 Å². The van der Waals surface area contributed by atoms with Gasteiger partial charge in [-0.1, -0.05) is 6.07 Å². The van der Waals surface area contributed by atoms with E-state index in [1.807, 2.05) is 0 Å². The van der Waals surface area contributed by atoms with E-state index in [4.69, 9.17) is 9.84 Å². The van der Waals surface area contributed by atoms with Gasteiger partial charge in [-0.3, -0.25) is 9.59 Å². The van der Waals surface area contributed by atoms with Crippen LogP contribution in [-0.2, 0) is 16.0 Å². The van der Waals surface area contributed by atoms with Gasteiger partial charge in [0.1, 0.15) is 5.78 Å². The molecule has 0 saturated carbocycles. The van der Waals surface area contributed by atoms with E-state index in [0.29, 0.717) is 12.2 Å². The van der Waals surface area contributed by atoms with E-state index in [-0.39, 0.29) is 37.2 Å². The van der Waals surface area contributed by atoms with Crippen LogP contribution in [0.4, 0.5) is 0 Å². The number of carboxylic acids is 1. The Labute approximate surface area is 123 Å². The predicted octanol–water partition coefficient (Wildman–Crippen LogP) is 1.52. The summed E-state index contributed by atoms with van der Waals surface area (Å²) in [4.78, 5) is 22.1. The first-order chi connectivity index (χ1) is 9.92. The molecule has 1 aromatic rings. The largest absolute Gasteiger partial charge is 0.504 e. The Hall–Kier alpha value is -2.08. The van der Waals surface area contributed by atoms with Crippen LogP contribution in [0.25, 0.3) is 0 Å². The van der Waals surface area contributed by atoms with Crippen LogP contribution in [0.5, 0.6) is 11.5 Å². The molecule has 0 bridgehead atoms. The third kappa shape index (κ3) is 6.27. The second-order valence-corrected chi connectivity index (χ2v) is 4.84. The van der Waals surface area contributed by atoms with Crippen LogP contribution in [0, 0.1) is 0 Å². The maximum atomic E-state index is 11.7. The summed E-state index contributed by atoms with van der Waals surface area (Å²) in [6.07, 6.45) is -0.303. The summed E-state index contributed by atoms with van der Waals surface area (Å²) in [7, 11) is 1.45. The lowest BCUT2D eigenvalue weighted by Crippen LogP contribution is -2.15. The summed E-state index contributed by atoms with van der Waals surface area (Å²) in [5, 5.41) is 27.5. The Balaban J connectivity index is 2.40. The number of aliphatic hydroxyl groups is 1. The van der Waals surface area contributed by atoms with E-state index >= 15 is 0 Å². The van der Waals surface area contributed by atoms with Gasteiger partial charge in [0.25, 0.3) is 0 Å². The SMILES string of the molecule is COc1cc(CCC(=O)C[C@@H](O)CCC(=O)O)ccc1O. The number of aryl methyl sites for hydroxylation is 1. The molecule has 0 unspecified atom stereocenters. The standard InChI is InChI=1S/C15H20O6/c1-21-14-8-10(3-6-13(14)18)2-4-11(16)9-12(17)5-7-15(19)20/h3,6,8,12,17-18H,2,4-5,7,9H2,1H3,(H,19,20)/t12-/m0/s1. The Bertz CT molecular complexity index is 497. The number of aromatic hydroxyl groups is 1. The number of phenols is 1. The van der Waals surface area contributed by atoms with Crippen LogP contribution in [0.15, 0.2) is 18.2 Å². The van der Waals surface area contributed by atoms with Crippen molar-refractivity contribution in [3.8, 4) is 11.5 Å². The van der Waals surface area contributed by atoms with Crippen LogP contribution in [0.1, 0.15) is 31.2 Å². The second-order valence-electron chi connectivity index (χ2n) is 4.84. The molecule has 3 N–H and O–H groups in total. The van der Waals surface area contributed by atoms with Crippen LogP contribution < -0.4 is 4.74 Å². The molecule has 0 saturated heterocycles. The van der Waals surface area contributed by atoms with E-state index < -0.39 is 12.1 Å². The van der Waals surface area contributed by atoms with E-state index in [0.717, 1.165) is 5.56 Å². The fraction of sp³-hybridized carbons (Fsp3) is 0.467. The lowest BCUT2D eigenvalue weighted by molar-refractivity contribution is -0.138. The number of carbonyl (C=O) groups excluding carboxylic acids is 1. The van der Waals surface area contributed by atoms with Crippen molar-refractivity contribution in [1.82, 2.24) is 0 Å². The maximum Gasteiger partial charge on any atom is 0.303 e. The molecule has 6 nitrogen and oxygen atoms in total. The highest BCUT2D eigenvalue weighted by molar-refractivity contribution is 5.79. The van der Waals surface area contributed by atoms with E-state index in [1.165, 1.54) is 13.2 Å². The number of ketones is 1. The first-order valence-electron chi connectivity index (χ1n) is 6.69. The Kier molecular flexibility index (Phi) is 6.68. The summed E-state index contributed by atoms with van der Waals surface area (Å²) in [5.74, 6) is -0.726. The smallest absolute Gasteiger partial charge is 0.303 e. The zero-order chi connectivity index (χ0) is 15.8. The van der Waals surface area contributed by atoms with Gasteiger partial charge in [-0.05, 0) is 30.5 Å². The van der Waals surface area contributed by atoms with Gasteiger partial charge in [-0.15, -0.1) is 0 Å². The summed E-state index contributed by atoms with van der Waals surface area (Å²) in [6.45, 7) is 0. The molecule has 1 atom stereocenters. The van der Waals surface area contributed by atoms with Gasteiger partial charge in [-0.25, -0.2) is 0 Å². The van der Waals surface area contributed by atoms with Gasteiger partial charge >= 0.3 is 5.97 Å². The van der Waals surface area contributed by atoms with Gasteiger partial charge < -0.3 is 20.1 Å². The number of Topliss-reactive ketones (excluding diaryl/α,β-unsaturated/α-hetero) is 1. The Morgan fingerprint density at radius 1 is 1.29 bits per heavy atom. The first kappa shape index (κ1) is 17.0.